The number of fused-ring (bicyclic) bond motifs is 1. The van der Waals surface area contributed by atoms with Crippen LogP contribution in [0, 0.1) is 11.3 Å². The van der Waals surface area contributed by atoms with Gasteiger partial charge >= 0.3 is 0 Å². The molecule has 2 aromatic heterocycles. The average molecular weight is 472 g/mol. The minimum absolute atomic E-state index is 0.194. The molecule has 0 radical (unpaired) electrons. The van der Waals surface area contributed by atoms with E-state index in [1.54, 1.807) is 54.6 Å². The predicted octanol–water partition coefficient (Wildman–Crippen LogP) is 5.25. The highest BCUT2D eigenvalue weighted by Crippen LogP contribution is 2.26. The highest BCUT2D eigenvalue weighted by molar-refractivity contribution is 7.98. The van der Waals surface area contributed by atoms with Crippen LogP contribution in [0.5, 0.6) is 0 Å². The summed E-state index contributed by atoms with van der Waals surface area (Å²) in [4.78, 5) is 22.5. The Bertz CT molecular complexity index is 1550. The van der Waals surface area contributed by atoms with Crippen LogP contribution in [-0.4, -0.2) is 19.7 Å². The highest BCUT2D eigenvalue weighted by Gasteiger charge is 2.16. The molecule has 0 N–H and O–H groups in total. The first-order chi connectivity index (χ1) is 16.1. The number of benzene rings is 3. The third-order valence-electron chi connectivity index (χ3n) is 4.89. The van der Waals surface area contributed by atoms with Crippen molar-refractivity contribution in [1.29, 1.82) is 5.26 Å². The summed E-state index contributed by atoms with van der Waals surface area (Å²) in [6, 6.07) is 23.2. The molecule has 0 atom stereocenters. The smallest absolute Gasteiger partial charge is 0.266 e. The molecule has 0 bridgehead atoms. The lowest BCUT2D eigenvalue weighted by molar-refractivity contribution is 0.391. The summed E-state index contributed by atoms with van der Waals surface area (Å²) in [6.45, 7) is 0. The molecule has 5 aromatic rings. The zero-order valence-electron chi connectivity index (χ0n) is 17.0. The minimum atomic E-state index is -0.194. The zero-order valence-corrected chi connectivity index (χ0v) is 18.5. The fraction of sp³-hybridized carbons (Fsp3) is 0.0417. The van der Waals surface area contributed by atoms with Crippen molar-refractivity contribution in [3.8, 4) is 23.1 Å². The third-order valence-corrected chi connectivity index (χ3v) is 6.07. The Hall–Kier alpha value is -3.93. The number of halogens is 1. The van der Waals surface area contributed by atoms with Crippen molar-refractivity contribution in [3.05, 3.63) is 99.6 Å². The molecule has 33 heavy (non-hydrogen) atoms. The molecule has 0 saturated carbocycles. The molecule has 2 heterocycles. The van der Waals surface area contributed by atoms with Crippen LogP contribution in [0.2, 0.25) is 5.02 Å². The third kappa shape index (κ3) is 4.24. The van der Waals surface area contributed by atoms with E-state index in [1.807, 2.05) is 18.2 Å². The van der Waals surface area contributed by atoms with E-state index in [0.717, 1.165) is 5.56 Å². The van der Waals surface area contributed by atoms with E-state index in [1.165, 1.54) is 16.3 Å². The fourth-order valence-electron chi connectivity index (χ4n) is 3.28. The molecule has 0 amide bonds. The van der Waals surface area contributed by atoms with Gasteiger partial charge in [-0.15, -0.1) is 0 Å². The van der Waals surface area contributed by atoms with Gasteiger partial charge in [0.2, 0.25) is 11.7 Å². The predicted molar refractivity (Wildman–Crippen MR) is 126 cm³/mol. The molecular weight excluding hydrogens is 458 g/mol. The van der Waals surface area contributed by atoms with Gasteiger partial charge in [0, 0.05) is 10.6 Å². The maximum absolute atomic E-state index is 13.3. The van der Waals surface area contributed by atoms with E-state index in [4.69, 9.17) is 26.4 Å². The van der Waals surface area contributed by atoms with E-state index < -0.39 is 0 Å². The number of hydrogen-bond acceptors (Lipinski definition) is 7. The molecule has 0 fully saturated rings. The molecule has 0 aliphatic heterocycles. The average Bonchev–Trinajstić information content (AvgIpc) is 3.32. The van der Waals surface area contributed by atoms with Crippen molar-refractivity contribution in [3.63, 3.8) is 0 Å². The van der Waals surface area contributed by atoms with Gasteiger partial charge in [0.05, 0.1) is 34.0 Å². The molecule has 5 rings (SSSR count). The van der Waals surface area contributed by atoms with E-state index in [9.17, 15) is 4.79 Å². The summed E-state index contributed by atoms with van der Waals surface area (Å²) in [5, 5.41) is 14.7. The minimum Gasteiger partial charge on any atom is -0.338 e. The van der Waals surface area contributed by atoms with Gasteiger partial charge in [-0.1, -0.05) is 40.7 Å². The summed E-state index contributed by atoms with van der Waals surface area (Å²) in [5.74, 6) is 1.18. The zero-order chi connectivity index (χ0) is 22.8. The Balaban J connectivity index is 1.50. The second kappa shape index (κ2) is 8.90. The van der Waals surface area contributed by atoms with Crippen molar-refractivity contribution < 1.29 is 4.52 Å². The molecule has 7 nitrogen and oxygen atoms in total. The van der Waals surface area contributed by atoms with Gasteiger partial charge in [0.15, 0.2) is 5.16 Å². The van der Waals surface area contributed by atoms with Crippen molar-refractivity contribution in [2.75, 3.05) is 0 Å². The molecule has 0 aliphatic carbocycles. The molecule has 0 aliphatic rings. The van der Waals surface area contributed by atoms with E-state index in [-0.39, 0.29) is 5.56 Å². The maximum atomic E-state index is 13.3. The molecule has 9 heteroatoms. The quantitative estimate of drug-likeness (QED) is 0.255. The van der Waals surface area contributed by atoms with E-state index >= 15 is 0 Å². The van der Waals surface area contributed by atoms with Crippen LogP contribution in [0.1, 0.15) is 11.5 Å². The normalized spacial score (nSPS) is 10.9. The van der Waals surface area contributed by atoms with Gasteiger partial charge in [0.1, 0.15) is 0 Å². The second-order valence-electron chi connectivity index (χ2n) is 7.02. The lowest BCUT2D eigenvalue weighted by Gasteiger charge is -2.12. The Labute approximate surface area is 197 Å². The number of thioether (sulfide) groups is 1. The molecule has 3 aromatic carbocycles. The number of aromatic nitrogens is 4. The summed E-state index contributed by atoms with van der Waals surface area (Å²) in [6.07, 6.45) is 0. The highest BCUT2D eigenvalue weighted by atomic mass is 35.5. The van der Waals surface area contributed by atoms with Crippen LogP contribution in [0.15, 0.2) is 87.3 Å². The number of nitriles is 1. The molecule has 0 unspecified atom stereocenters. The van der Waals surface area contributed by atoms with Gasteiger partial charge in [-0.25, -0.2) is 4.98 Å². The van der Waals surface area contributed by atoms with Crippen LogP contribution in [0.4, 0.5) is 0 Å². The number of hydrogen-bond donors (Lipinski definition) is 0. The van der Waals surface area contributed by atoms with Gasteiger partial charge < -0.3 is 4.52 Å². The van der Waals surface area contributed by atoms with Crippen molar-refractivity contribution in [2.45, 2.75) is 10.9 Å². The summed E-state index contributed by atoms with van der Waals surface area (Å²) >= 11 is 7.25. The Morgan fingerprint density at radius 1 is 1.00 bits per heavy atom. The van der Waals surface area contributed by atoms with Crippen LogP contribution in [-0.2, 0) is 5.75 Å². The first kappa shape index (κ1) is 20.9. The Kier molecular flexibility index (Phi) is 5.65. The van der Waals surface area contributed by atoms with Crippen LogP contribution < -0.4 is 5.56 Å². The fourth-order valence-corrected chi connectivity index (χ4v) is 4.25. The first-order valence-electron chi connectivity index (χ1n) is 9.86. The van der Waals surface area contributed by atoms with Gasteiger partial charge in [0.25, 0.3) is 5.56 Å². The lowest BCUT2D eigenvalue weighted by Crippen LogP contribution is -2.21. The van der Waals surface area contributed by atoms with Gasteiger partial charge in [-0.05, 0) is 60.7 Å². The van der Waals surface area contributed by atoms with E-state index in [2.05, 4.69) is 16.2 Å². The summed E-state index contributed by atoms with van der Waals surface area (Å²) < 4.78 is 6.93. The Morgan fingerprint density at radius 2 is 1.76 bits per heavy atom. The van der Waals surface area contributed by atoms with Crippen molar-refractivity contribution in [2.24, 2.45) is 0 Å². The van der Waals surface area contributed by atoms with E-state index in [0.29, 0.717) is 49.8 Å². The number of rotatable bonds is 5. The van der Waals surface area contributed by atoms with Gasteiger partial charge in [-0.2, -0.15) is 10.2 Å². The van der Waals surface area contributed by atoms with Gasteiger partial charge in [-0.3, -0.25) is 9.36 Å². The molecule has 160 valence electrons. The number of para-hydroxylation sites is 1. The summed E-state index contributed by atoms with van der Waals surface area (Å²) in [5.41, 5.74) is 2.32. The van der Waals surface area contributed by atoms with Crippen LogP contribution >= 0.6 is 23.4 Å². The Morgan fingerprint density at radius 3 is 2.52 bits per heavy atom. The molecule has 0 spiro atoms. The topological polar surface area (TPSA) is 97.6 Å². The van der Waals surface area contributed by atoms with Crippen LogP contribution in [0.3, 0.4) is 0 Å². The maximum Gasteiger partial charge on any atom is 0.266 e. The molecule has 0 saturated heterocycles. The number of nitrogens with zero attached hydrogens (tertiary/aromatic N) is 5. The van der Waals surface area contributed by atoms with Crippen molar-refractivity contribution in [1.82, 2.24) is 19.7 Å². The van der Waals surface area contributed by atoms with Crippen molar-refractivity contribution >= 4 is 34.3 Å². The lowest BCUT2D eigenvalue weighted by atomic mass is 10.2. The standard InChI is InChI=1S/C24H14ClN5O2S/c25-17-9-7-16(8-10-17)22-28-21(32-29-22)14-33-24-27-20-4-2-1-3-19(20)23(31)30(24)18-11-5-15(13-26)6-12-18/h1-12H,14H2. The second-order valence-corrected chi connectivity index (χ2v) is 8.40. The van der Waals surface area contributed by atoms with Crippen LogP contribution in [0.25, 0.3) is 28.0 Å². The monoisotopic (exact) mass is 471 g/mol. The molecular formula is C24H14ClN5O2S. The first-order valence-corrected chi connectivity index (χ1v) is 11.2. The SMILES string of the molecule is N#Cc1ccc(-n2c(SCc3nc(-c4ccc(Cl)cc4)no3)nc3ccccc3c2=O)cc1. The largest absolute Gasteiger partial charge is 0.338 e. The summed E-state index contributed by atoms with van der Waals surface area (Å²) in [7, 11) is 0.